The normalized spacial score (nSPS) is 17.4. The van der Waals surface area contributed by atoms with Gasteiger partial charge >= 0.3 is 0 Å². The molecule has 0 fully saturated rings. The van der Waals surface area contributed by atoms with Gasteiger partial charge in [-0.25, -0.2) is 4.39 Å². The molecule has 2 aromatic heterocycles. The molecule has 3 aromatic rings. The summed E-state index contributed by atoms with van der Waals surface area (Å²) in [4.78, 5) is 20.5. The number of nitrogens with one attached hydrogen (secondary N) is 4. The van der Waals surface area contributed by atoms with Gasteiger partial charge in [-0.15, -0.1) is 0 Å². The Bertz CT molecular complexity index is 1130. The predicted octanol–water partition coefficient (Wildman–Crippen LogP) is 3.19. The molecule has 1 atom stereocenters. The number of ether oxygens (including phenoxy) is 2. The number of anilines is 3. The molecule has 0 saturated heterocycles. The second-order valence-electron chi connectivity index (χ2n) is 7.13. The number of benzene rings is 1. The number of halogens is 1. The van der Waals surface area contributed by atoms with E-state index < -0.39 is 5.82 Å². The third-order valence-corrected chi connectivity index (χ3v) is 5.38. The molecule has 0 unspecified atom stereocenters. The number of aromatic nitrogens is 2. The van der Waals surface area contributed by atoms with Crippen LogP contribution in [-0.2, 0) is 4.74 Å². The van der Waals surface area contributed by atoms with Crippen LogP contribution in [0.1, 0.15) is 22.0 Å². The minimum atomic E-state index is -0.492. The van der Waals surface area contributed by atoms with Gasteiger partial charge in [0.05, 0.1) is 48.2 Å². The van der Waals surface area contributed by atoms with E-state index in [-0.39, 0.29) is 17.6 Å². The summed E-state index contributed by atoms with van der Waals surface area (Å²) in [6.45, 7) is 1.22. The number of nitrogens with zero attached hydrogens (tertiary/aromatic N) is 1. The van der Waals surface area contributed by atoms with Crippen molar-refractivity contribution in [1.29, 1.82) is 0 Å². The number of hydrogen-bond donors (Lipinski definition) is 4. The second kappa shape index (κ2) is 7.34. The van der Waals surface area contributed by atoms with Crippen LogP contribution in [0.5, 0.6) is 5.75 Å². The fourth-order valence-electron chi connectivity index (χ4n) is 3.97. The fourth-order valence-corrected chi connectivity index (χ4v) is 3.97. The minimum absolute atomic E-state index is 0.0356. The van der Waals surface area contributed by atoms with Crippen LogP contribution in [0.3, 0.4) is 0 Å². The highest BCUT2D eigenvalue weighted by Crippen LogP contribution is 2.43. The van der Waals surface area contributed by atoms with Crippen LogP contribution in [0.2, 0.25) is 0 Å². The molecule has 154 valence electrons. The second-order valence-corrected chi connectivity index (χ2v) is 7.13. The van der Waals surface area contributed by atoms with E-state index in [1.54, 1.807) is 24.5 Å². The van der Waals surface area contributed by atoms with Crippen LogP contribution in [-0.4, -0.2) is 42.9 Å². The number of rotatable bonds is 3. The van der Waals surface area contributed by atoms with Gasteiger partial charge in [-0.05, 0) is 18.2 Å². The maximum atomic E-state index is 14.3. The van der Waals surface area contributed by atoms with Crippen molar-refractivity contribution in [3.05, 3.63) is 53.7 Å². The van der Waals surface area contributed by atoms with Crippen LogP contribution >= 0.6 is 0 Å². The first kappa shape index (κ1) is 18.4. The molecular weight excluding hydrogens is 389 g/mol. The van der Waals surface area contributed by atoms with Crippen LogP contribution in [0.25, 0.3) is 11.3 Å². The Morgan fingerprint density at radius 3 is 3.07 bits per heavy atom. The van der Waals surface area contributed by atoms with E-state index in [4.69, 9.17) is 9.47 Å². The zero-order chi connectivity index (χ0) is 20.7. The van der Waals surface area contributed by atoms with Crippen LogP contribution in [0, 0.1) is 5.82 Å². The highest BCUT2D eigenvalue weighted by molar-refractivity contribution is 6.07. The van der Waals surface area contributed by atoms with Gasteiger partial charge in [-0.3, -0.25) is 9.78 Å². The van der Waals surface area contributed by atoms with E-state index in [1.165, 1.54) is 13.2 Å². The molecule has 30 heavy (non-hydrogen) atoms. The monoisotopic (exact) mass is 409 g/mol. The number of carbonyl (C=O) groups excluding carboxylic acids is 1. The molecule has 1 aromatic carbocycles. The zero-order valence-corrected chi connectivity index (χ0v) is 16.2. The number of amides is 1. The Morgan fingerprint density at radius 1 is 1.30 bits per heavy atom. The van der Waals surface area contributed by atoms with Crippen LogP contribution in [0.15, 0.2) is 36.7 Å². The van der Waals surface area contributed by atoms with Crippen LogP contribution < -0.4 is 20.7 Å². The predicted molar refractivity (Wildman–Crippen MR) is 110 cm³/mol. The average molecular weight is 409 g/mol. The lowest BCUT2D eigenvalue weighted by atomic mass is 9.97. The first-order valence-electron chi connectivity index (χ1n) is 9.57. The van der Waals surface area contributed by atoms with Crippen molar-refractivity contribution in [2.45, 2.75) is 5.92 Å². The smallest absolute Gasteiger partial charge is 0.255 e. The van der Waals surface area contributed by atoms with Crippen molar-refractivity contribution in [2.75, 3.05) is 37.6 Å². The number of carbonyl (C=O) groups is 1. The molecule has 9 heteroatoms. The van der Waals surface area contributed by atoms with Gasteiger partial charge in [0, 0.05) is 29.9 Å². The molecule has 2 aliphatic heterocycles. The molecule has 0 radical (unpaired) electrons. The number of methoxy groups -OCH3 is 1. The maximum absolute atomic E-state index is 14.3. The van der Waals surface area contributed by atoms with Gasteiger partial charge in [0.2, 0.25) is 0 Å². The molecule has 0 aliphatic carbocycles. The number of hydrogen-bond acceptors (Lipinski definition) is 6. The lowest BCUT2D eigenvalue weighted by molar-refractivity contribution is 0.0911. The molecule has 0 saturated carbocycles. The number of H-pyrrole nitrogens is 1. The van der Waals surface area contributed by atoms with E-state index in [0.717, 1.165) is 16.9 Å². The Hall–Kier alpha value is -3.59. The Labute approximate surface area is 171 Å². The topological polar surface area (TPSA) is 100 Å². The van der Waals surface area contributed by atoms with Gasteiger partial charge in [-0.2, -0.15) is 0 Å². The van der Waals surface area contributed by atoms with Crippen molar-refractivity contribution in [3.63, 3.8) is 0 Å². The highest BCUT2D eigenvalue weighted by atomic mass is 19.1. The number of aromatic amines is 1. The zero-order valence-electron chi connectivity index (χ0n) is 16.2. The molecule has 2 aliphatic rings. The molecule has 0 spiro atoms. The highest BCUT2D eigenvalue weighted by Gasteiger charge is 2.34. The summed E-state index contributed by atoms with van der Waals surface area (Å²) < 4.78 is 25.3. The molecule has 2 bridgehead atoms. The van der Waals surface area contributed by atoms with Crippen LogP contribution in [0.4, 0.5) is 21.5 Å². The SMILES string of the molecule is COc1c(F)cccc1Nc1c2[nH]c3c1C(=O)NC[C@@H]3COCNc1cnccc1-2. The molecular formula is C21H20FN5O3. The first-order chi connectivity index (χ1) is 14.7. The van der Waals surface area contributed by atoms with E-state index in [1.807, 2.05) is 6.07 Å². The summed E-state index contributed by atoms with van der Waals surface area (Å²) in [5.74, 6) is -0.656. The Morgan fingerprint density at radius 2 is 2.20 bits per heavy atom. The number of pyridine rings is 1. The quantitative estimate of drug-likeness (QED) is 0.530. The molecule has 4 N–H and O–H groups in total. The average Bonchev–Trinajstić information content (AvgIpc) is 3.13. The molecule has 8 nitrogen and oxygen atoms in total. The van der Waals surface area contributed by atoms with Gasteiger partial charge in [0.15, 0.2) is 11.6 Å². The Kier molecular flexibility index (Phi) is 4.51. The molecule has 4 heterocycles. The van der Waals surface area contributed by atoms with Crippen molar-refractivity contribution >= 4 is 23.0 Å². The van der Waals surface area contributed by atoms with Crippen molar-refractivity contribution < 1.29 is 18.7 Å². The van der Waals surface area contributed by atoms with E-state index in [2.05, 4.69) is 25.9 Å². The lowest BCUT2D eigenvalue weighted by Gasteiger charge is -2.24. The van der Waals surface area contributed by atoms with E-state index in [9.17, 15) is 9.18 Å². The third kappa shape index (κ3) is 2.94. The summed E-state index contributed by atoms with van der Waals surface area (Å²) in [6.07, 6.45) is 3.38. The largest absolute Gasteiger partial charge is 0.492 e. The maximum Gasteiger partial charge on any atom is 0.255 e. The van der Waals surface area contributed by atoms with E-state index in [0.29, 0.717) is 42.5 Å². The summed E-state index contributed by atoms with van der Waals surface area (Å²) in [5, 5.41) is 9.40. The number of para-hydroxylation sites is 1. The van der Waals surface area contributed by atoms with Crippen molar-refractivity contribution in [1.82, 2.24) is 15.3 Å². The number of fused-ring (bicyclic) bond motifs is 3. The fraction of sp³-hybridized carbons (Fsp3) is 0.238. The van der Waals surface area contributed by atoms with Crippen molar-refractivity contribution in [3.8, 4) is 17.0 Å². The Balaban J connectivity index is 1.75. The van der Waals surface area contributed by atoms with Gasteiger partial charge < -0.3 is 30.4 Å². The molecule has 1 amide bonds. The van der Waals surface area contributed by atoms with Gasteiger partial charge in [-0.1, -0.05) is 6.07 Å². The summed E-state index contributed by atoms with van der Waals surface area (Å²) in [6, 6.07) is 6.46. The third-order valence-electron chi connectivity index (χ3n) is 5.38. The van der Waals surface area contributed by atoms with Crippen molar-refractivity contribution in [2.24, 2.45) is 0 Å². The first-order valence-corrected chi connectivity index (χ1v) is 9.57. The van der Waals surface area contributed by atoms with Gasteiger partial charge in [0.1, 0.15) is 6.73 Å². The van der Waals surface area contributed by atoms with E-state index >= 15 is 0 Å². The summed E-state index contributed by atoms with van der Waals surface area (Å²) >= 11 is 0. The summed E-state index contributed by atoms with van der Waals surface area (Å²) in [7, 11) is 1.41. The summed E-state index contributed by atoms with van der Waals surface area (Å²) in [5.41, 5.74) is 4.52. The van der Waals surface area contributed by atoms with Gasteiger partial charge in [0.25, 0.3) is 5.91 Å². The molecule has 5 rings (SSSR count). The lowest BCUT2D eigenvalue weighted by Crippen LogP contribution is -2.37. The minimum Gasteiger partial charge on any atom is -0.492 e. The standard InChI is InChI=1S/C21H20FN5O3/c1-29-20-13(22)3-2-4-14(20)26-19-16-17-11(7-24-21(16)28)9-30-10-25-15-8-23-6-5-12(15)18(19)27-17/h2-6,8,11,25-27H,7,9-10H2,1H3,(H,24,28)/t11-/m1/s1.